The van der Waals surface area contributed by atoms with Crippen LogP contribution in [0.2, 0.25) is 0 Å². The van der Waals surface area contributed by atoms with E-state index in [0.717, 1.165) is 6.42 Å². The van der Waals surface area contributed by atoms with Crippen LogP contribution in [-0.4, -0.2) is 34.6 Å². The lowest BCUT2D eigenvalue weighted by Crippen LogP contribution is -2.16. The highest BCUT2D eigenvalue weighted by Crippen LogP contribution is 2.30. The van der Waals surface area contributed by atoms with E-state index < -0.39 is 6.10 Å². The summed E-state index contributed by atoms with van der Waals surface area (Å²) in [6.45, 7) is 0.172. The second-order valence-electron chi connectivity index (χ2n) is 3.03. The topological polar surface area (TPSA) is 60.7 Å². The zero-order valence-corrected chi connectivity index (χ0v) is 5.90. The van der Waals surface area contributed by atoms with Gasteiger partial charge in [-0.05, 0) is 18.8 Å². The van der Waals surface area contributed by atoms with E-state index in [1.165, 1.54) is 0 Å². The summed E-state index contributed by atoms with van der Waals surface area (Å²) in [6.07, 6.45) is 0.998. The van der Waals surface area contributed by atoms with E-state index in [-0.39, 0.29) is 25.0 Å². The zero-order valence-electron chi connectivity index (χ0n) is 5.90. The van der Waals surface area contributed by atoms with Crippen LogP contribution in [0.5, 0.6) is 0 Å². The first-order valence-electron chi connectivity index (χ1n) is 3.67. The van der Waals surface area contributed by atoms with Crippen molar-refractivity contribution in [2.45, 2.75) is 18.9 Å². The van der Waals surface area contributed by atoms with Gasteiger partial charge in [-0.1, -0.05) is 0 Å². The van der Waals surface area contributed by atoms with Crippen molar-refractivity contribution in [1.82, 2.24) is 0 Å². The largest absolute Gasteiger partial charge is 0.396 e. The molecule has 3 N–H and O–H groups in total. The average molecular weight is 146 g/mol. The van der Waals surface area contributed by atoms with Gasteiger partial charge < -0.3 is 15.3 Å². The summed E-state index contributed by atoms with van der Waals surface area (Å²) in [4.78, 5) is 0. The third-order valence-corrected chi connectivity index (χ3v) is 2.25. The van der Waals surface area contributed by atoms with Gasteiger partial charge in [-0.25, -0.2) is 0 Å². The van der Waals surface area contributed by atoms with Gasteiger partial charge >= 0.3 is 0 Å². The highest BCUT2D eigenvalue weighted by atomic mass is 16.3. The summed E-state index contributed by atoms with van der Waals surface area (Å²) in [5.74, 6) is 0.198. The molecular weight excluding hydrogens is 132 g/mol. The highest BCUT2D eigenvalue weighted by molar-refractivity contribution is 4.81. The minimum absolute atomic E-state index is 0.00264. The first-order chi connectivity index (χ1) is 4.77. The smallest absolute Gasteiger partial charge is 0.0593 e. The Labute approximate surface area is 60.3 Å². The first-order valence-corrected chi connectivity index (χ1v) is 3.67. The molecule has 60 valence electrons. The second kappa shape index (κ2) is 3.32. The Kier molecular flexibility index (Phi) is 2.65. The number of aliphatic hydroxyl groups is 3. The molecule has 0 aromatic heterocycles. The third kappa shape index (κ3) is 1.48. The van der Waals surface area contributed by atoms with Gasteiger partial charge in [0.15, 0.2) is 0 Å². The van der Waals surface area contributed by atoms with Crippen LogP contribution in [0.3, 0.4) is 0 Å². The van der Waals surface area contributed by atoms with Gasteiger partial charge in [0.05, 0.1) is 6.10 Å². The SMILES string of the molecule is OC[C@@H]1C[C@H](CO)[C@H](O)C1. The number of hydrogen-bond acceptors (Lipinski definition) is 3. The Morgan fingerprint density at radius 1 is 1.10 bits per heavy atom. The molecule has 1 aliphatic rings. The van der Waals surface area contributed by atoms with Gasteiger partial charge in [-0.2, -0.15) is 0 Å². The number of hydrogen-bond donors (Lipinski definition) is 3. The van der Waals surface area contributed by atoms with Crippen molar-refractivity contribution < 1.29 is 15.3 Å². The summed E-state index contributed by atoms with van der Waals surface area (Å²) in [7, 11) is 0. The summed E-state index contributed by atoms with van der Waals surface area (Å²) in [5, 5.41) is 26.6. The molecule has 0 spiro atoms. The molecule has 3 atom stereocenters. The Morgan fingerprint density at radius 3 is 2.10 bits per heavy atom. The molecule has 1 aliphatic carbocycles. The monoisotopic (exact) mass is 146 g/mol. The molecule has 0 saturated heterocycles. The fourth-order valence-corrected chi connectivity index (χ4v) is 1.56. The standard InChI is InChI=1S/C7H14O3/c8-3-5-1-6(4-9)7(10)2-5/h5-10H,1-4H2/t5-,6-,7-/m1/s1. The number of rotatable bonds is 2. The van der Waals surface area contributed by atoms with Crippen LogP contribution in [0.15, 0.2) is 0 Å². The van der Waals surface area contributed by atoms with Crippen molar-refractivity contribution in [2.75, 3.05) is 13.2 Å². The molecule has 0 radical (unpaired) electrons. The van der Waals surface area contributed by atoms with Crippen molar-refractivity contribution >= 4 is 0 Å². The summed E-state index contributed by atoms with van der Waals surface area (Å²) in [6, 6.07) is 0. The van der Waals surface area contributed by atoms with Crippen molar-refractivity contribution in [3.63, 3.8) is 0 Å². The van der Waals surface area contributed by atoms with Crippen LogP contribution >= 0.6 is 0 Å². The molecule has 0 bridgehead atoms. The van der Waals surface area contributed by atoms with E-state index in [0.29, 0.717) is 6.42 Å². The molecule has 1 rings (SSSR count). The molecular formula is C7H14O3. The summed E-state index contributed by atoms with van der Waals surface area (Å²) in [5.41, 5.74) is 0. The molecule has 0 heterocycles. The fourth-order valence-electron chi connectivity index (χ4n) is 1.56. The average Bonchev–Trinajstić information content (AvgIpc) is 2.30. The van der Waals surface area contributed by atoms with Gasteiger partial charge in [0.25, 0.3) is 0 Å². The molecule has 0 aliphatic heterocycles. The lowest BCUT2D eigenvalue weighted by atomic mass is 10.1. The van der Waals surface area contributed by atoms with Crippen LogP contribution in [-0.2, 0) is 0 Å². The Bertz CT molecular complexity index is 105. The summed E-state index contributed by atoms with van der Waals surface area (Å²) < 4.78 is 0. The lowest BCUT2D eigenvalue weighted by Gasteiger charge is -2.08. The van der Waals surface area contributed by atoms with E-state index in [1.54, 1.807) is 0 Å². The predicted octanol–water partition coefficient (Wildman–Crippen LogP) is -0.642. The van der Waals surface area contributed by atoms with Crippen LogP contribution in [0.4, 0.5) is 0 Å². The third-order valence-electron chi connectivity index (χ3n) is 2.25. The van der Waals surface area contributed by atoms with Gasteiger partial charge in [-0.15, -0.1) is 0 Å². The van der Waals surface area contributed by atoms with Gasteiger partial charge in [0.2, 0.25) is 0 Å². The van der Waals surface area contributed by atoms with Crippen molar-refractivity contribution in [3.8, 4) is 0 Å². The van der Waals surface area contributed by atoms with Crippen molar-refractivity contribution in [2.24, 2.45) is 11.8 Å². The molecule has 10 heavy (non-hydrogen) atoms. The predicted molar refractivity (Wildman–Crippen MR) is 36.4 cm³/mol. The maximum atomic E-state index is 9.22. The minimum Gasteiger partial charge on any atom is -0.396 e. The molecule has 0 aromatic rings. The van der Waals surface area contributed by atoms with Crippen LogP contribution in [0.25, 0.3) is 0 Å². The Balaban J connectivity index is 2.36. The normalized spacial score (nSPS) is 40.5. The Morgan fingerprint density at radius 2 is 1.80 bits per heavy atom. The molecule has 1 saturated carbocycles. The van der Waals surface area contributed by atoms with E-state index in [2.05, 4.69) is 0 Å². The number of aliphatic hydroxyl groups excluding tert-OH is 3. The van der Waals surface area contributed by atoms with Crippen molar-refractivity contribution in [1.29, 1.82) is 0 Å². The van der Waals surface area contributed by atoms with Gasteiger partial charge in [0.1, 0.15) is 0 Å². The highest BCUT2D eigenvalue weighted by Gasteiger charge is 2.31. The van der Waals surface area contributed by atoms with E-state index >= 15 is 0 Å². The van der Waals surface area contributed by atoms with E-state index in [1.807, 2.05) is 0 Å². The van der Waals surface area contributed by atoms with Crippen LogP contribution in [0.1, 0.15) is 12.8 Å². The van der Waals surface area contributed by atoms with E-state index in [9.17, 15) is 5.11 Å². The van der Waals surface area contributed by atoms with Crippen LogP contribution < -0.4 is 0 Å². The lowest BCUT2D eigenvalue weighted by molar-refractivity contribution is 0.0902. The maximum Gasteiger partial charge on any atom is 0.0593 e. The van der Waals surface area contributed by atoms with Gasteiger partial charge in [-0.3, -0.25) is 0 Å². The molecule has 3 heteroatoms. The quantitative estimate of drug-likeness (QED) is 0.485. The molecule has 3 nitrogen and oxygen atoms in total. The van der Waals surface area contributed by atoms with Crippen LogP contribution in [0, 0.1) is 11.8 Å². The fraction of sp³-hybridized carbons (Fsp3) is 1.00. The molecule has 0 amide bonds. The second-order valence-corrected chi connectivity index (χ2v) is 3.03. The first kappa shape index (κ1) is 7.98. The zero-order chi connectivity index (χ0) is 7.56. The van der Waals surface area contributed by atoms with E-state index in [4.69, 9.17) is 10.2 Å². The Hall–Kier alpha value is -0.120. The molecule has 1 fully saturated rings. The summed E-state index contributed by atoms with van der Waals surface area (Å²) >= 11 is 0. The maximum absolute atomic E-state index is 9.22. The molecule has 0 aromatic carbocycles. The molecule has 0 unspecified atom stereocenters. The van der Waals surface area contributed by atoms with Gasteiger partial charge in [0, 0.05) is 19.1 Å². The minimum atomic E-state index is -0.401. The van der Waals surface area contributed by atoms with Crippen molar-refractivity contribution in [3.05, 3.63) is 0 Å².